The van der Waals surface area contributed by atoms with Crippen LogP contribution in [0.15, 0.2) is 41.1 Å². The normalized spacial score (nSPS) is 12.1. The van der Waals surface area contributed by atoms with E-state index in [1.807, 2.05) is 24.3 Å². The Morgan fingerprint density at radius 3 is 3.07 bits per heavy atom. The molecule has 3 aromatic rings. The summed E-state index contributed by atoms with van der Waals surface area (Å²) in [6, 6.07) is 7.50. The van der Waals surface area contributed by atoms with Crippen LogP contribution in [0.1, 0.15) is 0 Å². The Bertz CT molecular complexity index is 708. The number of fused-ring (bicyclic) bond motifs is 3. The summed E-state index contributed by atoms with van der Waals surface area (Å²) in [5, 5.41) is 1.53. The van der Waals surface area contributed by atoms with E-state index in [2.05, 4.69) is 9.97 Å². The molecule has 1 aromatic carbocycles. The Morgan fingerprint density at radius 1 is 1.20 bits per heavy atom. The molecule has 4 nitrogen and oxygen atoms in total. The van der Waals surface area contributed by atoms with Crippen LogP contribution in [-0.4, -0.2) is 9.97 Å². The number of aromatic nitrogens is 2. The first-order chi connectivity index (χ1) is 7.36. The van der Waals surface area contributed by atoms with Crippen LogP contribution in [0.4, 0.5) is 0 Å². The zero-order chi connectivity index (χ0) is 10.3. The number of nitrogens with zero attached hydrogens (tertiary/aromatic N) is 2. The molecule has 0 aliphatic heterocycles. The van der Waals surface area contributed by atoms with Crippen LogP contribution in [0, 0.1) is 0 Å². The van der Waals surface area contributed by atoms with E-state index in [1.165, 1.54) is 6.39 Å². The fourth-order valence-electron chi connectivity index (χ4n) is 1.58. The van der Waals surface area contributed by atoms with Crippen molar-refractivity contribution in [2.75, 3.05) is 0 Å². The van der Waals surface area contributed by atoms with Gasteiger partial charge in [-0.3, -0.25) is 4.98 Å². The first-order valence-electron chi connectivity index (χ1n) is 4.40. The van der Waals surface area contributed by atoms with E-state index in [1.54, 1.807) is 6.20 Å². The minimum atomic E-state index is -1.87. The zero-order valence-corrected chi connectivity index (χ0v) is 8.52. The molecular formula is C10H6N2O2P+. The van der Waals surface area contributed by atoms with Crippen molar-refractivity contribution in [2.24, 2.45) is 0 Å². The molecule has 0 amide bonds. The highest BCUT2D eigenvalue weighted by atomic mass is 31.1. The largest absolute Gasteiger partial charge is 0.602 e. The van der Waals surface area contributed by atoms with Crippen LogP contribution < -0.4 is 0 Å². The molecule has 1 unspecified atom stereocenters. The lowest BCUT2D eigenvalue weighted by atomic mass is 10.2. The molecule has 5 heteroatoms. The third kappa shape index (κ3) is 1.22. The van der Waals surface area contributed by atoms with Gasteiger partial charge < -0.3 is 0 Å². The summed E-state index contributed by atoms with van der Waals surface area (Å²) in [7, 11) is -1.87. The lowest BCUT2D eigenvalue weighted by Crippen LogP contribution is -1.80. The predicted octanol–water partition coefficient (Wildman–Crippen LogP) is 3.12. The number of benzene rings is 1. The van der Waals surface area contributed by atoms with E-state index in [0.29, 0.717) is 16.2 Å². The number of hydrogen-bond donors (Lipinski definition) is 0. The third-order valence-corrected chi connectivity index (χ3v) is 3.34. The van der Waals surface area contributed by atoms with Gasteiger partial charge in [-0.25, -0.2) is 9.18 Å². The molecule has 0 aliphatic carbocycles. The Kier molecular flexibility index (Phi) is 1.76. The molecule has 0 spiro atoms. The average molecular weight is 217 g/mol. The van der Waals surface area contributed by atoms with Gasteiger partial charge in [0.15, 0.2) is 0 Å². The summed E-state index contributed by atoms with van der Waals surface area (Å²) in [5.41, 5.74) is 1.38. The van der Waals surface area contributed by atoms with Gasteiger partial charge >= 0.3 is 7.65 Å². The van der Waals surface area contributed by atoms with Gasteiger partial charge in [0.2, 0.25) is 6.39 Å². The van der Waals surface area contributed by atoms with Gasteiger partial charge in [0.05, 0.1) is 0 Å². The van der Waals surface area contributed by atoms with Gasteiger partial charge in [0, 0.05) is 11.6 Å². The number of hydrogen-bond acceptors (Lipinski definition) is 4. The summed E-state index contributed by atoms with van der Waals surface area (Å²) < 4.78 is 16.6. The minimum Gasteiger partial charge on any atom is -0.251 e. The molecule has 0 aliphatic rings. The van der Waals surface area contributed by atoms with Crippen molar-refractivity contribution >= 4 is 29.2 Å². The summed E-state index contributed by atoms with van der Waals surface area (Å²) in [5.74, 6) is 0. The van der Waals surface area contributed by atoms with E-state index in [-0.39, 0.29) is 0 Å². The summed E-state index contributed by atoms with van der Waals surface area (Å²) in [6.07, 6.45) is 2.89. The monoisotopic (exact) mass is 217 g/mol. The third-order valence-electron chi connectivity index (χ3n) is 2.24. The second-order valence-corrected chi connectivity index (χ2v) is 4.28. The van der Waals surface area contributed by atoms with Crippen LogP contribution in [-0.2, 0) is 4.57 Å². The Hall–Kier alpha value is -1.80. The highest BCUT2D eigenvalue weighted by molar-refractivity contribution is 7.37. The molecule has 2 heterocycles. The lowest BCUT2D eigenvalue weighted by Gasteiger charge is -1.93. The fraction of sp³-hybridized carbons (Fsp3) is 0. The molecule has 15 heavy (non-hydrogen) atoms. The molecule has 0 radical (unpaired) electrons. The van der Waals surface area contributed by atoms with Crippen molar-refractivity contribution in [2.45, 2.75) is 0 Å². The molecule has 0 saturated heterocycles. The van der Waals surface area contributed by atoms with Gasteiger partial charge in [0.1, 0.15) is 11.0 Å². The maximum Gasteiger partial charge on any atom is 0.602 e. The first kappa shape index (κ1) is 8.50. The SMILES string of the molecule is O=[p+]1ocnc2ccc3cccnc3c21. The predicted molar refractivity (Wildman–Crippen MR) is 56.9 cm³/mol. The summed E-state index contributed by atoms with van der Waals surface area (Å²) in [6.45, 7) is 0. The first-order valence-corrected chi connectivity index (χ1v) is 5.58. The zero-order valence-electron chi connectivity index (χ0n) is 7.62. The molecule has 3 rings (SSSR count). The molecule has 0 bridgehead atoms. The molecule has 72 valence electrons. The maximum atomic E-state index is 11.7. The van der Waals surface area contributed by atoms with Crippen molar-refractivity contribution in [3.63, 3.8) is 0 Å². The standard InChI is InChI=1S/C10H6N2O2P/c13-15-10-8(12-6-14-15)4-3-7-2-1-5-11-9(7)10/h1-6H/q+1. The van der Waals surface area contributed by atoms with Gasteiger partial charge in [-0.2, -0.15) is 0 Å². The summed E-state index contributed by atoms with van der Waals surface area (Å²) in [4.78, 5) is 8.23. The van der Waals surface area contributed by atoms with E-state index >= 15 is 0 Å². The Morgan fingerprint density at radius 2 is 2.13 bits per heavy atom. The maximum absolute atomic E-state index is 11.7. The van der Waals surface area contributed by atoms with E-state index in [0.717, 1.165) is 5.39 Å². The van der Waals surface area contributed by atoms with Crippen molar-refractivity contribution in [1.29, 1.82) is 0 Å². The fourth-order valence-corrected chi connectivity index (χ4v) is 2.50. The second kappa shape index (κ2) is 3.11. The van der Waals surface area contributed by atoms with Crippen molar-refractivity contribution in [3.05, 3.63) is 36.9 Å². The highest BCUT2D eigenvalue weighted by Crippen LogP contribution is 2.31. The van der Waals surface area contributed by atoms with Crippen LogP contribution in [0.5, 0.6) is 0 Å². The molecule has 0 N–H and O–H groups in total. The lowest BCUT2D eigenvalue weighted by molar-refractivity contribution is 0.544. The molecule has 1 atom stereocenters. The highest BCUT2D eigenvalue weighted by Gasteiger charge is 2.16. The number of rotatable bonds is 0. The number of pyridine rings is 1. The van der Waals surface area contributed by atoms with Crippen molar-refractivity contribution in [1.82, 2.24) is 9.97 Å². The van der Waals surface area contributed by atoms with Crippen LogP contribution in [0.25, 0.3) is 21.5 Å². The van der Waals surface area contributed by atoms with Gasteiger partial charge in [-0.05, 0) is 16.7 Å². The average Bonchev–Trinajstić information content (AvgIpc) is 2.29. The van der Waals surface area contributed by atoms with Gasteiger partial charge in [-0.1, -0.05) is 12.1 Å². The molecule has 0 saturated carbocycles. The molecule has 2 aromatic heterocycles. The Labute approximate surface area is 85.4 Å². The Balaban J connectivity index is 2.70. The van der Waals surface area contributed by atoms with Crippen LogP contribution >= 0.6 is 7.65 Å². The summed E-state index contributed by atoms with van der Waals surface area (Å²) >= 11 is 0. The quantitative estimate of drug-likeness (QED) is 0.543. The topological polar surface area (TPSA) is 56.0 Å². The smallest absolute Gasteiger partial charge is 0.251 e. The second-order valence-electron chi connectivity index (χ2n) is 3.11. The molecular weight excluding hydrogens is 211 g/mol. The van der Waals surface area contributed by atoms with Gasteiger partial charge in [0.25, 0.3) is 5.12 Å². The minimum absolute atomic E-state index is 0.589. The van der Waals surface area contributed by atoms with Crippen LogP contribution in [0.3, 0.4) is 0 Å². The van der Waals surface area contributed by atoms with Crippen molar-refractivity contribution < 1.29 is 8.76 Å². The van der Waals surface area contributed by atoms with E-state index in [9.17, 15) is 4.57 Å². The van der Waals surface area contributed by atoms with E-state index < -0.39 is 7.65 Å². The molecule has 0 fully saturated rings. The van der Waals surface area contributed by atoms with E-state index in [4.69, 9.17) is 4.20 Å². The van der Waals surface area contributed by atoms with Crippen molar-refractivity contribution in [3.8, 4) is 0 Å². The van der Waals surface area contributed by atoms with Crippen LogP contribution in [0.2, 0.25) is 0 Å². The van der Waals surface area contributed by atoms with Gasteiger partial charge in [-0.15, -0.1) is 0 Å².